The molecule has 0 aliphatic heterocycles. The second-order valence-electron chi connectivity index (χ2n) is 3.64. The lowest BCUT2D eigenvalue weighted by molar-refractivity contribution is 0.758. The van der Waals surface area contributed by atoms with Gasteiger partial charge in [-0.3, -0.25) is 0 Å². The van der Waals surface area contributed by atoms with Crippen LogP contribution in [0.25, 0.3) is 0 Å². The smallest absolute Gasteiger partial charge is 0.126 e. The molecule has 0 unspecified atom stereocenters. The Hall–Kier alpha value is -1.25. The van der Waals surface area contributed by atoms with E-state index in [1.807, 2.05) is 12.1 Å². The molecule has 3 nitrogen and oxygen atoms in total. The van der Waals surface area contributed by atoms with Crippen LogP contribution in [0.15, 0.2) is 18.3 Å². The highest BCUT2D eigenvalue weighted by Gasteiger charge is 2.19. The highest BCUT2D eigenvalue weighted by Crippen LogP contribution is 2.31. The number of rotatable bonds is 4. The molecule has 1 aliphatic carbocycles. The normalized spacial score (nSPS) is 15.7. The maximum atomic E-state index is 5.52. The Balaban J connectivity index is 1.76. The summed E-state index contributed by atoms with van der Waals surface area (Å²) in [4.78, 5) is 4.16. The number of nitrogens with zero attached hydrogens (tertiary/aromatic N) is 1. The molecule has 70 valence electrons. The highest BCUT2D eigenvalue weighted by atomic mass is 15.0. The molecule has 3 heteroatoms. The van der Waals surface area contributed by atoms with Crippen molar-refractivity contribution in [2.75, 3.05) is 17.6 Å². The molecular weight excluding hydrogens is 162 g/mol. The third-order valence-electron chi connectivity index (χ3n) is 2.34. The van der Waals surface area contributed by atoms with E-state index in [1.54, 1.807) is 6.20 Å². The van der Waals surface area contributed by atoms with Gasteiger partial charge in [0.2, 0.25) is 0 Å². The molecule has 0 radical (unpaired) electrons. The van der Waals surface area contributed by atoms with Gasteiger partial charge in [0.25, 0.3) is 0 Å². The zero-order chi connectivity index (χ0) is 9.10. The van der Waals surface area contributed by atoms with E-state index in [9.17, 15) is 0 Å². The predicted molar refractivity (Wildman–Crippen MR) is 54.5 cm³/mol. The van der Waals surface area contributed by atoms with Crippen LogP contribution in [0.4, 0.5) is 11.5 Å². The molecule has 1 heterocycles. The molecule has 0 aromatic carbocycles. The summed E-state index contributed by atoms with van der Waals surface area (Å²) in [5.74, 6) is 1.90. The predicted octanol–water partition coefficient (Wildman–Crippen LogP) is 1.88. The van der Waals surface area contributed by atoms with Crippen molar-refractivity contribution in [2.45, 2.75) is 19.3 Å². The fraction of sp³-hybridized carbons (Fsp3) is 0.500. The molecule has 0 saturated heterocycles. The van der Waals surface area contributed by atoms with Crippen LogP contribution < -0.4 is 11.1 Å². The molecule has 1 saturated carbocycles. The molecule has 1 aromatic heterocycles. The Labute approximate surface area is 78.4 Å². The van der Waals surface area contributed by atoms with Crippen LogP contribution in [0.5, 0.6) is 0 Å². The van der Waals surface area contributed by atoms with Crippen molar-refractivity contribution >= 4 is 11.5 Å². The van der Waals surface area contributed by atoms with Crippen LogP contribution in [-0.2, 0) is 0 Å². The first-order chi connectivity index (χ1) is 6.34. The van der Waals surface area contributed by atoms with Crippen LogP contribution in [0.1, 0.15) is 19.3 Å². The summed E-state index contributed by atoms with van der Waals surface area (Å²) < 4.78 is 0. The van der Waals surface area contributed by atoms with Crippen LogP contribution in [0, 0.1) is 5.92 Å². The first kappa shape index (κ1) is 8.35. The van der Waals surface area contributed by atoms with Gasteiger partial charge in [-0.2, -0.15) is 0 Å². The first-order valence-corrected chi connectivity index (χ1v) is 4.80. The molecule has 0 atom stereocenters. The second-order valence-corrected chi connectivity index (χ2v) is 3.64. The topological polar surface area (TPSA) is 50.9 Å². The molecule has 3 N–H and O–H groups in total. The van der Waals surface area contributed by atoms with Crippen molar-refractivity contribution < 1.29 is 0 Å². The maximum absolute atomic E-state index is 5.52. The molecule has 0 amide bonds. The summed E-state index contributed by atoms with van der Waals surface area (Å²) in [6.45, 7) is 1.03. The van der Waals surface area contributed by atoms with E-state index in [2.05, 4.69) is 10.3 Å². The minimum Gasteiger partial charge on any atom is -0.397 e. The van der Waals surface area contributed by atoms with Gasteiger partial charge in [-0.15, -0.1) is 0 Å². The van der Waals surface area contributed by atoms with E-state index in [0.717, 1.165) is 18.3 Å². The maximum Gasteiger partial charge on any atom is 0.126 e. The van der Waals surface area contributed by atoms with Crippen LogP contribution in [-0.4, -0.2) is 11.5 Å². The van der Waals surface area contributed by atoms with E-state index < -0.39 is 0 Å². The van der Waals surface area contributed by atoms with E-state index in [4.69, 9.17) is 5.73 Å². The number of nitrogens with one attached hydrogen (secondary N) is 1. The number of aromatic nitrogens is 1. The van der Waals surface area contributed by atoms with Gasteiger partial charge in [0.15, 0.2) is 0 Å². The Morgan fingerprint density at radius 3 is 2.92 bits per heavy atom. The average molecular weight is 177 g/mol. The second kappa shape index (κ2) is 3.64. The summed E-state index contributed by atoms with van der Waals surface area (Å²) in [7, 11) is 0. The van der Waals surface area contributed by atoms with Gasteiger partial charge >= 0.3 is 0 Å². The molecule has 0 bridgehead atoms. The van der Waals surface area contributed by atoms with Crippen molar-refractivity contribution in [1.82, 2.24) is 4.98 Å². The third kappa shape index (κ3) is 2.61. The molecule has 1 aromatic rings. The highest BCUT2D eigenvalue weighted by molar-refractivity contribution is 5.43. The van der Waals surface area contributed by atoms with Crippen molar-refractivity contribution in [3.8, 4) is 0 Å². The van der Waals surface area contributed by atoms with Gasteiger partial charge in [-0.1, -0.05) is 12.8 Å². The summed E-state index contributed by atoms with van der Waals surface area (Å²) in [6.07, 6.45) is 5.78. The van der Waals surface area contributed by atoms with Crippen LogP contribution in [0.2, 0.25) is 0 Å². The monoisotopic (exact) mass is 177 g/mol. The van der Waals surface area contributed by atoms with E-state index in [1.165, 1.54) is 19.3 Å². The van der Waals surface area contributed by atoms with Crippen molar-refractivity contribution in [3.05, 3.63) is 18.3 Å². The lowest BCUT2D eigenvalue weighted by Crippen LogP contribution is -2.03. The molecule has 13 heavy (non-hydrogen) atoms. The summed E-state index contributed by atoms with van der Waals surface area (Å²) in [5, 5.41) is 3.28. The Morgan fingerprint density at radius 2 is 2.31 bits per heavy atom. The molecule has 1 fully saturated rings. The van der Waals surface area contributed by atoms with Gasteiger partial charge in [0.1, 0.15) is 5.82 Å². The van der Waals surface area contributed by atoms with Crippen molar-refractivity contribution in [2.24, 2.45) is 5.92 Å². The minimum absolute atomic E-state index is 0.716. The van der Waals surface area contributed by atoms with Gasteiger partial charge in [0, 0.05) is 6.54 Å². The van der Waals surface area contributed by atoms with Crippen molar-refractivity contribution in [1.29, 1.82) is 0 Å². The first-order valence-electron chi connectivity index (χ1n) is 4.80. The number of pyridine rings is 1. The van der Waals surface area contributed by atoms with Gasteiger partial charge in [-0.25, -0.2) is 4.98 Å². The standard InChI is InChI=1S/C10H15N3/c11-9-3-4-10(13-7-9)12-6-5-8-1-2-8/h3-4,7-8H,1-2,5-6,11H2,(H,12,13). The fourth-order valence-electron chi connectivity index (χ4n) is 1.32. The Morgan fingerprint density at radius 1 is 1.46 bits per heavy atom. The summed E-state index contributed by atoms with van der Waals surface area (Å²) >= 11 is 0. The quantitative estimate of drug-likeness (QED) is 0.738. The zero-order valence-corrected chi connectivity index (χ0v) is 7.66. The molecule has 2 rings (SSSR count). The SMILES string of the molecule is Nc1ccc(NCCC2CC2)nc1. The van der Waals surface area contributed by atoms with Gasteiger partial charge < -0.3 is 11.1 Å². The molecule has 1 aliphatic rings. The lowest BCUT2D eigenvalue weighted by Gasteiger charge is -2.04. The average Bonchev–Trinajstić information content (AvgIpc) is 2.92. The van der Waals surface area contributed by atoms with Crippen LogP contribution >= 0.6 is 0 Å². The van der Waals surface area contributed by atoms with Crippen LogP contribution in [0.3, 0.4) is 0 Å². The van der Waals surface area contributed by atoms with E-state index in [-0.39, 0.29) is 0 Å². The Bertz CT molecular complexity index is 264. The number of hydrogen-bond donors (Lipinski definition) is 2. The number of hydrogen-bond acceptors (Lipinski definition) is 3. The Kier molecular flexibility index (Phi) is 2.34. The number of nitrogens with two attached hydrogens (primary N) is 1. The third-order valence-corrected chi connectivity index (χ3v) is 2.34. The number of anilines is 2. The van der Waals surface area contributed by atoms with Crippen molar-refractivity contribution in [3.63, 3.8) is 0 Å². The minimum atomic E-state index is 0.716. The summed E-state index contributed by atoms with van der Waals surface area (Å²) in [6, 6.07) is 3.79. The zero-order valence-electron chi connectivity index (χ0n) is 7.66. The number of nitrogen functional groups attached to an aromatic ring is 1. The van der Waals surface area contributed by atoms with E-state index >= 15 is 0 Å². The fourth-order valence-corrected chi connectivity index (χ4v) is 1.32. The molecular formula is C10H15N3. The largest absolute Gasteiger partial charge is 0.397 e. The van der Waals surface area contributed by atoms with Gasteiger partial charge in [0.05, 0.1) is 11.9 Å². The van der Waals surface area contributed by atoms with Gasteiger partial charge in [-0.05, 0) is 24.5 Å². The van der Waals surface area contributed by atoms with E-state index in [0.29, 0.717) is 5.69 Å². The lowest BCUT2D eigenvalue weighted by atomic mass is 10.3. The summed E-state index contributed by atoms with van der Waals surface area (Å²) in [5.41, 5.74) is 6.24. The molecule has 0 spiro atoms.